The normalized spacial score (nSPS) is 15.8. The van der Waals surface area contributed by atoms with Gasteiger partial charge in [-0.25, -0.2) is 0 Å². The van der Waals surface area contributed by atoms with Gasteiger partial charge in [-0.1, -0.05) is 147 Å². The lowest BCUT2D eigenvalue weighted by atomic mass is 9.93. The van der Waals surface area contributed by atoms with E-state index in [9.17, 15) is 0 Å². The molecule has 0 amide bonds. The summed E-state index contributed by atoms with van der Waals surface area (Å²) in [6.45, 7) is 47.8. The van der Waals surface area contributed by atoms with Crippen LogP contribution < -0.4 is 0 Å². The zero-order chi connectivity index (χ0) is 36.2. The van der Waals surface area contributed by atoms with E-state index in [-0.39, 0.29) is 35.1 Å². The molecule has 1 aromatic rings. The molecule has 2 saturated heterocycles. The second kappa shape index (κ2) is 29.3. The van der Waals surface area contributed by atoms with Gasteiger partial charge in [-0.3, -0.25) is 14.9 Å². The van der Waals surface area contributed by atoms with Gasteiger partial charge in [-0.15, -0.1) is 0 Å². The summed E-state index contributed by atoms with van der Waals surface area (Å²) >= 11 is 0. The summed E-state index contributed by atoms with van der Waals surface area (Å²) in [5.74, 6) is 0. The number of nitrogens with zero attached hydrogens (tertiary/aromatic N) is 5. The summed E-state index contributed by atoms with van der Waals surface area (Å²) in [5.41, 5.74) is 2.91. The van der Waals surface area contributed by atoms with Gasteiger partial charge in [0.25, 0.3) is 0 Å². The minimum atomic E-state index is 0. The summed E-state index contributed by atoms with van der Waals surface area (Å²) in [4.78, 5) is 15.6. The Labute approximate surface area is 318 Å². The van der Waals surface area contributed by atoms with Crippen LogP contribution in [0.25, 0.3) is 0 Å². The summed E-state index contributed by atoms with van der Waals surface area (Å²) in [5, 5.41) is 0. The van der Waals surface area contributed by atoms with Crippen molar-refractivity contribution in [3.8, 4) is 0 Å². The van der Waals surface area contributed by atoms with Crippen LogP contribution in [0.5, 0.6) is 0 Å². The average Bonchev–Trinajstić information content (AvgIpc) is 2.89. The van der Waals surface area contributed by atoms with Crippen molar-refractivity contribution in [2.45, 2.75) is 152 Å². The van der Waals surface area contributed by atoms with Gasteiger partial charge in [-0.05, 0) is 28.7 Å². The molecule has 2 aliphatic rings. The monoisotopic (exact) mass is 716 g/mol. The molecule has 0 N–H and O–H groups in total. The molecule has 0 bridgehead atoms. The van der Waals surface area contributed by atoms with E-state index < -0.39 is 0 Å². The molecule has 3 heterocycles. The van der Waals surface area contributed by atoms with E-state index in [0.29, 0.717) is 21.7 Å². The molecule has 7 heteroatoms. The maximum Gasteiger partial charge on any atom is 0.0640 e. The molecule has 1 aromatic heterocycles. The quantitative estimate of drug-likeness (QED) is 0.309. The van der Waals surface area contributed by atoms with Gasteiger partial charge in [0.05, 0.1) is 25.5 Å². The number of hydrogen-bond acceptors (Lipinski definition) is 7. The first-order valence-electron chi connectivity index (χ1n) is 17.7. The summed E-state index contributed by atoms with van der Waals surface area (Å²) in [6.07, 6.45) is 6.49. The van der Waals surface area contributed by atoms with Crippen LogP contribution in [-0.2, 0) is 14.9 Å². The van der Waals surface area contributed by atoms with Crippen LogP contribution in [-0.4, -0.2) is 111 Å². The summed E-state index contributed by atoms with van der Waals surface area (Å²) in [6, 6.07) is 0. The molecule has 0 saturated carbocycles. The van der Waals surface area contributed by atoms with Crippen molar-refractivity contribution in [2.24, 2.45) is 21.7 Å². The Morgan fingerprint density at radius 1 is 0.620 bits per heavy atom. The van der Waals surface area contributed by atoms with Crippen LogP contribution in [0.3, 0.4) is 0 Å². The average molecular weight is 716 g/mol. The van der Waals surface area contributed by atoms with Gasteiger partial charge in [0.15, 0.2) is 0 Å². The number of piperazine rings is 1. The van der Waals surface area contributed by atoms with Gasteiger partial charge in [0.2, 0.25) is 0 Å². The van der Waals surface area contributed by atoms with Crippen molar-refractivity contribution in [2.75, 3.05) is 86.3 Å². The molecule has 0 aliphatic carbocycles. The van der Waals surface area contributed by atoms with Crippen LogP contribution in [0.4, 0.5) is 0 Å². The number of hydrogen-bond donors (Lipinski definition) is 0. The van der Waals surface area contributed by atoms with Crippen molar-refractivity contribution < 1.29 is 9.47 Å². The lowest BCUT2D eigenvalue weighted by molar-refractivity contribution is 0.0236. The fourth-order valence-corrected chi connectivity index (χ4v) is 4.23. The maximum atomic E-state index is 5.27. The van der Waals surface area contributed by atoms with Crippen molar-refractivity contribution in [3.05, 3.63) is 24.3 Å². The first-order valence-corrected chi connectivity index (χ1v) is 17.7. The Balaban J connectivity index is -0.000000121. The minimum absolute atomic E-state index is 0. The van der Waals surface area contributed by atoms with Gasteiger partial charge < -0.3 is 19.3 Å². The third kappa shape index (κ3) is 43.0. The number of ether oxygens (including phenoxy) is 2. The molecule has 3 rings (SSSR count). The van der Waals surface area contributed by atoms with Gasteiger partial charge in [-0.2, -0.15) is 0 Å². The Morgan fingerprint density at radius 2 is 1.02 bits per heavy atom. The molecule has 0 spiro atoms. The summed E-state index contributed by atoms with van der Waals surface area (Å²) < 4.78 is 10.2. The van der Waals surface area contributed by atoms with E-state index in [4.69, 9.17) is 9.47 Å². The number of rotatable bonds is 3. The lowest BCUT2D eigenvalue weighted by Crippen LogP contribution is -2.47. The third-order valence-electron chi connectivity index (χ3n) is 7.07. The Kier molecular flexibility index (Phi) is 35.8. The number of aromatic nitrogens is 2. The first kappa shape index (κ1) is 60.9. The number of morpholine rings is 1. The second-order valence-corrected chi connectivity index (χ2v) is 18.8. The highest BCUT2D eigenvalue weighted by molar-refractivity contribution is 5.07. The Hall–Kier alpha value is -1.12. The highest BCUT2D eigenvalue weighted by atomic mass is 16.5. The largest absolute Gasteiger partial charge is 0.384 e. The van der Waals surface area contributed by atoms with Crippen LogP contribution in [0.1, 0.15) is 153 Å². The summed E-state index contributed by atoms with van der Waals surface area (Å²) in [7, 11) is 3.93. The molecule has 306 valence electrons. The van der Waals surface area contributed by atoms with Gasteiger partial charge >= 0.3 is 0 Å². The number of likely N-dealkylation sites (N-methyl/N-ethyl adjacent to an activating group) is 1. The van der Waals surface area contributed by atoms with Crippen LogP contribution in [0.2, 0.25) is 0 Å². The Morgan fingerprint density at radius 3 is 1.26 bits per heavy atom. The van der Waals surface area contributed by atoms with Crippen LogP contribution >= 0.6 is 0 Å². The van der Waals surface area contributed by atoms with E-state index in [0.717, 1.165) is 38.6 Å². The van der Waals surface area contributed by atoms with E-state index in [1.807, 2.05) is 0 Å². The second-order valence-electron chi connectivity index (χ2n) is 18.8. The fraction of sp³-hybridized carbons (Fsp3) is 0.907. The zero-order valence-corrected chi connectivity index (χ0v) is 34.3. The van der Waals surface area contributed by atoms with Gasteiger partial charge in [0, 0.05) is 83.5 Å². The molecule has 50 heavy (non-hydrogen) atoms. The molecule has 0 atom stereocenters. The standard InChI is InChI=1S/C10H22N2.C9H19NO.C8H12N2.C6H14O.C6H14.4CH4/c1-10(2,3)9-12-7-5-11(4)6-8-12;1-9(2,3)8-10-4-6-11-7-5-10;1-8(2,3)7-6-9-4-5-10-7;1-6(2,3)5-7-4;1-5-6(2,3)4;;;;/h5-9H2,1-4H3;4-8H2,1-3H3;4-6H,1-3H3;5H2,1-4H3;5H2,1-4H3;4*1H4. The first-order chi connectivity index (χ1) is 20.8. The molecular formula is C43H97N5O2. The predicted octanol–water partition coefficient (Wildman–Crippen LogP) is 11.1. The maximum absolute atomic E-state index is 5.27. The van der Waals surface area contributed by atoms with E-state index >= 15 is 0 Å². The third-order valence-corrected chi connectivity index (χ3v) is 7.07. The van der Waals surface area contributed by atoms with E-state index in [1.54, 1.807) is 25.7 Å². The van der Waals surface area contributed by atoms with Crippen molar-refractivity contribution in [3.63, 3.8) is 0 Å². The molecule has 7 nitrogen and oxygen atoms in total. The van der Waals surface area contributed by atoms with Crippen LogP contribution in [0, 0.1) is 21.7 Å². The molecule has 2 aliphatic heterocycles. The highest BCUT2D eigenvalue weighted by Gasteiger charge is 2.20. The van der Waals surface area contributed by atoms with E-state index in [1.165, 1.54) is 45.7 Å². The number of methoxy groups -OCH3 is 1. The van der Waals surface area contributed by atoms with E-state index in [2.05, 4.69) is 142 Å². The highest BCUT2D eigenvalue weighted by Crippen LogP contribution is 2.18. The SMILES string of the molecule is C.C.C.C.CC(C)(C)CN1CCOCC1.CC(C)(C)c1cnccn1.CCC(C)(C)C.CN1CCN(CC(C)(C)C)CC1.COCC(C)(C)C. The molecule has 0 radical (unpaired) electrons. The zero-order valence-electron chi connectivity index (χ0n) is 34.3. The Bertz CT molecular complexity index is 830. The smallest absolute Gasteiger partial charge is 0.0640 e. The van der Waals surface area contributed by atoms with Crippen molar-refractivity contribution >= 4 is 0 Å². The molecule has 2 fully saturated rings. The van der Waals surface area contributed by atoms with Crippen molar-refractivity contribution in [1.29, 1.82) is 0 Å². The minimum Gasteiger partial charge on any atom is -0.384 e. The topological polar surface area (TPSA) is 54.0 Å². The predicted molar refractivity (Wildman–Crippen MR) is 229 cm³/mol. The van der Waals surface area contributed by atoms with Gasteiger partial charge in [0.1, 0.15) is 0 Å². The molecular weight excluding hydrogens is 619 g/mol. The molecule has 0 unspecified atom stereocenters. The van der Waals surface area contributed by atoms with Crippen molar-refractivity contribution in [1.82, 2.24) is 24.7 Å². The lowest BCUT2D eigenvalue weighted by Gasteiger charge is -2.36. The fourth-order valence-electron chi connectivity index (χ4n) is 4.23. The van der Waals surface area contributed by atoms with Crippen LogP contribution in [0.15, 0.2) is 18.6 Å². The molecule has 0 aromatic carbocycles.